The van der Waals surface area contributed by atoms with Gasteiger partial charge < -0.3 is 14.9 Å². The first-order valence-corrected chi connectivity index (χ1v) is 9.44. The van der Waals surface area contributed by atoms with Crippen LogP contribution in [0.25, 0.3) is 22.2 Å². The number of hydrogen-bond donors (Lipinski definition) is 2. The maximum atomic E-state index is 12.7. The number of benzene rings is 2. The van der Waals surface area contributed by atoms with Gasteiger partial charge in [0.25, 0.3) is 5.91 Å². The number of fused-ring (bicyclic) bond motifs is 2. The summed E-state index contributed by atoms with van der Waals surface area (Å²) in [5.74, 6) is 0.964. The predicted molar refractivity (Wildman–Crippen MR) is 105 cm³/mol. The number of thioether (sulfide) groups is 1. The minimum Gasteiger partial charge on any atom is -0.360 e. The van der Waals surface area contributed by atoms with E-state index >= 15 is 0 Å². The van der Waals surface area contributed by atoms with Crippen molar-refractivity contribution in [1.29, 1.82) is 0 Å². The molecule has 0 spiro atoms. The van der Waals surface area contributed by atoms with Gasteiger partial charge in [-0.3, -0.25) is 4.79 Å². The Morgan fingerprint density at radius 1 is 1.19 bits per heavy atom. The molecule has 0 saturated heterocycles. The number of amides is 1. The Hall–Kier alpha value is -2.99. The quantitative estimate of drug-likeness (QED) is 0.570. The number of aromatic amines is 1. The number of aromatic nitrogens is 3. The molecule has 2 aromatic heterocycles. The molecule has 1 aliphatic heterocycles. The van der Waals surface area contributed by atoms with E-state index in [-0.39, 0.29) is 5.91 Å². The van der Waals surface area contributed by atoms with Gasteiger partial charge in [0.05, 0.1) is 11.3 Å². The lowest BCUT2D eigenvalue weighted by atomic mass is 10.1. The van der Waals surface area contributed by atoms with Crippen molar-refractivity contribution in [2.45, 2.75) is 11.7 Å². The summed E-state index contributed by atoms with van der Waals surface area (Å²) in [6.07, 6.45) is 3.83. The Morgan fingerprint density at radius 3 is 3.04 bits per heavy atom. The van der Waals surface area contributed by atoms with Crippen LogP contribution in [-0.4, -0.2) is 26.2 Å². The van der Waals surface area contributed by atoms with Gasteiger partial charge in [0.15, 0.2) is 5.16 Å². The largest absolute Gasteiger partial charge is 0.360 e. The Labute approximate surface area is 154 Å². The van der Waals surface area contributed by atoms with Gasteiger partial charge in [-0.2, -0.15) is 0 Å². The number of nitrogens with zero attached hydrogens (tertiary/aromatic N) is 2. The molecule has 5 nitrogen and oxygen atoms in total. The van der Waals surface area contributed by atoms with E-state index in [4.69, 9.17) is 0 Å². The van der Waals surface area contributed by atoms with Crippen LogP contribution in [0.4, 0.5) is 5.69 Å². The highest BCUT2D eigenvalue weighted by Gasteiger charge is 2.16. The number of nitrogens with one attached hydrogen (secondary N) is 2. The molecule has 4 aromatic rings. The van der Waals surface area contributed by atoms with Crippen LogP contribution in [-0.2, 0) is 6.54 Å². The monoisotopic (exact) mass is 360 g/mol. The van der Waals surface area contributed by atoms with Gasteiger partial charge in [0.1, 0.15) is 0 Å². The molecule has 3 heterocycles. The second-order valence-electron chi connectivity index (χ2n) is 6.23. The second kappa shape index (κ2) is 6.07. The Morgan fingerprint density at radius 2 is 2.12 bits per heavy atom. The molecule has 0 unspecified atom stereocenters. The van der Waals surface area contributed by atoms with Crippen molar-refractivity contribution in [3.05, 3.63) is 66.5 Å². The fraction of sp³-hybridized carbons (Fsp3) is 0.100. The first-order chi connectivity index (χ1) is 12.8. The highest BCUT2D eigenvalue weighted by molar-refractivity contribution is 7.99. The topological polar surface area (TPSA) is 62.7 Å². The zero-order chi connectivity index (χ0) is 17.5. The van der Waals surface area contributed by atoms with Crippen LogP contribution < -0.4 is 5.32 Å². The summed E-state index contributed by atoms with van der Waals surface area (Å²) in [5, 5.41) is 4.98. The SMILES string of the molecule is O=C(Nc1cccc(-c2cn3c(n2)SCC3)c1)c1c[nH]c2ccccc12. The van der Waals surface area contributed by atoms with E-state index in [0.717, 1.165) is 45.3 Å². The van der Waals surface area contributed by atoms with E-state index in [2.05, 4.69) is 26.0 Å². The summed E-state index contributed by atoms with van der Waals surface area (Å²) >= 11 is 1.78. The smallest absolute Gasteiger partial charge is 0.257 e. The van der Waals surface area contributed by atoms with Crippen molar-refractivity contribution in [1.82, 2.24) is 14.5 Å². The lowest BCUT2D eigenvalue weighted by molar-refractivity contribution is 0.102. The van der Waals surface area contributed by atoms with Crippen molar-refractivity contribution in [3.8, 4) is 11.3 Å². The molecular formula is C20H16N4OS. The fourth-order valence-corrected chi connectivity index (χ4v) is 4.21. The summed E-state index contributed by atoms with van der Waals surface area (Å²) in [5.41, 5.74) is 4.30. The minimum atomic E-state index is -0.123. The highest BCUT2D eigenvalue weighted by atomic mass is 32.2. The molecule has 0 atom stereocenters. The zero-order valence-electron chi connectivity index (χ0n) is 13.9. The molecule has 0 radical (unpaired) electrons. The second-order valence-corrected chi connectivity index (χ2v) is 7.30. The molecule has 0 aliphatic carbocycles. The van der Waals surface area contributed by atoms with E-state index in [0.29, 0.717) is 5.56 Å². The summed E-state index contributed by atoms with van der Waals surface area (Å²) in [4.78, 5) is 20.5. The fourth-order valence-electron chi connectivity index (χ4n) is 3.26. The van der Waals surface area contributed by atoms with Gasteiger partial charge in [0, 0.05) is 46.8 Å². The van der Waals surface area contributed by atoms with Crippen LogP contribution in [0.1, 0.15) is 10.4 Å². The van der Waals surface area contributed by atoms with Gasteiger partial charge in [0.2, 0.25) is 0 Å². The number of imidazole rings is 1. The molecular weight excluding hydrogens is 344 g/mol. The van der Waals surface area contributed by atoms with E-state index in [1.807, 2.05) is 48.5 Å². The van der Waals surface area contributed by atoms with E-state index < -0.39 is 0 Å². The summed E-state index contributed by atoms with van der Waals surface area (Å²) in [6.45, 7) is 1.00. The number of para-hydroxylation sites is 1. The summed E-state index contributed by atoms with van der Waals surface area (Å²) in [7, 11) is 0. The maximum absolute atomic E-state index is 12.7. The normalized spacial score (nSPS) is 13.1. The zero-order valence-corrected chi connectivity index (χ0v) is 14.7. The first kappa shape index (κ1) is 15.3. The Kier molecular flexibility index (Phi) is 3.57. The van der Waals surface area contributed by atoms with Gasteiger partial charge in [-0.15, -0.1) is 0 Å². The average molecular weight is 360 g/mol. The molecule has 0 bridgehead atoms. The number of carbonyl (C=O) groups excluding carboxylic acids is 1. The highest BCUT2D eigenvalue weighted by Crippen LogP contribution is 2.30. The van der Waals surface area contributed by atoms with Crippen LogP contribution in [0, 0.1) is 0 Å². The van der Waals surface area contributed by atoms with E-state index in [1.54, 1.807) is 18.0 Å². The molecule has 0 saturated carbocycles. The molecule has 128 valence electrons. The van der Waals surface area contributed by atoms with Crippen molar-refractivity contribution in [3.63, 3.8) is 0 Å². The molecule has 1 amide bonds. The Balaban J connectivity index is 1.43. The minimum absolute atomic E-state index is 0.123. The third-order valence-corrected chi connectivity index (χ3v) is 5.52. The molecule has 2 N–H and O–H groups in total. The number of carbonyl (C=O) groups is 1. The molecule has 0 fully saturated rings. The van der Waals surface area contributed by atoms with E-state index in [1.165, 1.54) is 0 Å². The van der Waals surface area contributed by atoms with Crippen molar-refractivity contribution in [2.24, 2.45) is 0 Å². The third-order valence-electron chi connectivity index (χ3n) is 4.55. The van der Waals surface area contributed by atoms with Crippen molar-refractivity contribution < 1.29 is 4.79 Å². The van der Waals surface area contributed by atoms with Crippen molar-refractivity contribution in [2.75, 3.05) is 11.1 Å². The molecule has 26 heavy (non-hydrogen) atoms. The summed E-state index contributed by atoms with van der Waals surface area (Å²) < 4.78 is 2.18. The van der Waals surface area contributed by atoms with Crippen LogP contribution in [0.2, 0.25) is 0 Å². The number of aryl methyl sites for hydroxylation is 1. The number of rotatable bonds is 3. The van der Waals surface area contributed by atoms with Gasteiger partial charge >= 0.3 is 0 Å². The lowest BCUT2D eigenvalue weighted by Gasteiger charge is -2.06. The third kappa shape index (κ3) is 2.59. The number of H-pyrrole nitrogens is 1. The molecule has 6 heteroatoms. The number of anilines is 1. The van der Waals surface area contributed by atoms with Gasteiger partial charge in [-0.1, -0.05) is 42.1 Å². The van der Waals surface area contributed by atoms with E-state index in [9.17, 15) is 4.79 Å². The van der Waals surface area contributed by atoms with Crippen LogP contribution >= 0.6 is 11.8 Å². The van der Waals surface area contributed by atoms with Crippen molar-refractivity contribution >= 4 is 34.3 Å². The molecule has 1 aliphatic rings. The van der Waals surface area contributed by atoms with Crippen LogP contribution in [0.5, 0.6) is 0 Å². The van der Waals surface area contributed by atoms with Crippen LogP contribution in [0.3, 0.4) is 0 Å². The molecule has 5 rings (SSSR count). The Bertz CT molecular complexity index is 1110. The summed E-state index contributed by atoms with van der Waals surface area (Å²) in [6, 6.07) is 15.6. The van der Waals surface area contributed by atoms with Gasteiger partial charge in [-0.05, 0) is 18.2 Å². The standard InChI is InChI=1S/C20H16N4OS/c25-19(16-11-21-17-7-2-1-6-15(16)17)22-14-5-3-4-13(10-14)18-12-24-8-9-26-20(24)23-18/h1-7,10-12,21H,8-9H2,(H,22,25). The van der Waals surface area contributed by atoms with Gasteiger partial charge in [-0.25, -0.2) is 4.98 Å². The first-order valence-electron chi connectivity index (χ1n) is 8.46. The predicted octanol–water partition coefficient (Wildman–Crippen LogP) is 4.39. The lowest BCUT2D eigenvalue weighted by Crippen LogP contribution is -2.11. The molecule has 2 aromatic carbocycles. The maximum Gasteiger partial charge on any atom is 0.257 e. The number of hydrogen-bond acceptors (Lipinski definition) is 3. The van der Waals surface area contributed by atoms with Crippen LogP contribution in [0.15, 0.2) is 66.1 Å². The average Bonchev–Trinajstić information content (AvgIpc) is 3.36.